The van der Waals surface area contributed by atoms with Gasteiger partial charge in [-0.3, -0.25) is 9.48 Å². The molecule has 1 atom stereocenters. The average Bonchev–Trinajstić information content (AvgIpc) is 3.21. The number of carbonyl (C=O) groups excluding carboxylic acids is 1. The number of benzene rings is 1. The molecule has 134 valence electrons. The molecule has 0 spiro atoms. The summed E-state index contributed by atoms with van der Waals surface area (Å²) in [6.45, 7) is 3.41. The Kier molecular flexibility index (Phi) is 4.51. The third-order valence-corrected chi connectivity index (χ3v) is 4.69. The minimum Gasteiger partial charge on any atom is -0.342 e. The number of aryl methyl sites for hydroxylation is 1. The first-order valence-electron chi connectivity index (χ1n) is 8.99. The van der Waals surface area contributed by atoms with Gasteiger partial charge in [0.2, 0.25) is 0 Å². The number of rotatable bonds is 7. The number of nitrogens with one attached hydrogen (secondary N) is 1. The Morgan fingerprint density at radius 2 is 2.08 bits per heavy atom. The lowest BCUT2D eigenvalue weighted by Crippen LogP contribution is -2.32. The Balaban J connectivity index is 1.47. The fraction of sp³-hybridized carbons (Fsp3) is 0.368. The molecular formula is C19H22N6O. The van der Waals surface area contributed by atoms with Gasteiger partial charge in [-0.05, 0) is 31.2 Å². The van der Waals surface area contributed by atoms with Crippen LogP contribution < -0.4 is 5.32 Å². The van der Waals surface area contributed by atoms with E-state index in [0.717, 1.165) is 30.8 Å². The summed E-state index contributed by atoms with van der Waals surface area (Å²) in [6, 6.07) is 9.97. The third-order valence-electron chi connectivity index (χ3n) is 4.69. The summed E-state index contributed by atoms with van der Waals surface area (Å²) in [7, 11) is 0. The van der Waals surface area contributed by atoms with Gasteiger partial charge in [0.05, 0.1) is 24.3 Å². The van der Waals surface area contributed by atoms with Gasteiger partial charge in [0.1, 0.15) is 12.2 Å². The molecule has 3 aromatic rings. The lowest BCUT2D eigenvalue weighted by Gasteiger charge is -2.17. The molecule has 26 heavy (non-hydrogen) atoms. The smallest absolute Gasteiger partial charge is 0.255 e. The highest BCUT2D eigenvalue weighted by atomic mass is 16.1. The highest BCUT2D eigenvalue weighted by Gasteiger charge is 2.36. The molecule has 2 aromatic heterocycles. The van der Waals surface area contributed by atoms with Crippen molar-refractivity contribution < 1.29 is 4.79 Å². The summed E-state index contributed by atoms with van der Waals surface area (Å²) in [5.74, 6) is 1.15. The second-order valence-electron chi connectivity index (χ2n) is 6.63. The normalized spacial score (nSPS) is 15.0. The number of nitrogens with zero attached hydrogens (tertiary/aromatic N) is 5. The average molecular weight is 350 g/mol. The number of carbonyl (C=O) groups is 1. The topological polar surface area (TPSA) is 77.6 Å². The minimum absolute atomic E-state index is 0.0950. The van der Waals surface area contributed by atoms with Gasteiger partial charge in [-0.25, -0.2) is 9.67 Å². The van der Waals surface area contributed by atoms with Crippen molar-refractivity contribution >= 4 is 5.91 Å². The van der Waals surface area contributed by atoms with Crippen LogP contribution in [0, 0.1) is 5.92 Å². The van der Waals surface area contributed by atoms with Crippen molar-refractivity contribution in [2.45, 2.75) is 38.9 Å². The van der Waals surface area contributed by atoms with Crippen molar-refractivity contribution in [2.75, 3.05) is 0 Å². The molecule has 1 aliphatic rings. The van der Waals surface area contributed by atoms with Crippen LogP contribution >= 0.6 is 0 Å². The molecule has 0 radical (unpaired) electrons. The summed E-state index contributed by atoms with van der Waals surface area (Å²) >= 11 is 0. The van der Waals surface area contributed by atoms with E-state index in [2.05, 4.69) is 20.5 Å². The molecule has 7 nitrogen and oxygen atoms in total. The highest BCUT2D eigenvalue weighted by Crippen LogP contribution is 2.40. The molecule has 1 aromatic carbocycles. The first-order chi connectivity index (χ1) is 12.7. The first kappa shape index (κ1) is 16.5. The van der Waals surface area contributed by atoms with Crippen molar-refractivity contribution in [3.8, 4) is 0 Å². The number of hydrogen-bond acceptors (Lipinski definition) is 4. The van der Waals surface area contributed by atoms with Crippen LogP contribution in [0.4, 0.5) is 0 Å². The lowest BCUT2D eigenvalue weighted by molar-refractivity contribution is 0.0928. The molecule has 1 amide bonds. The predicted molar refractivity (Wildman–Crippen MR) is 96.4 cm³/mol. The Labute approximate surface area is 152 Å². The van der Waals surface area contributed by atoms with Crippen molar-refractivity contribution in [1.29, 1.82) is 0 Å². The Bertz CT molecular complexity index is 880. The Hall–Kier alpha value is -2.96. The molecule has 1 N–H and O–H groups in total. The van der Waals surface area contributed by atoms with Crippen molar-refractivity contribution in [1.82, 2.24) is 29.9 Å². The van der Waals surface area contributed by atoms with Gasteiger partial charge in [-0.15, -0.1) is 0 Å². The van der Waals surface area contributed by atoms with Gasteiger partial charge in [0.25, 0.3) is 5.91 Å². The van der Waals surface area contributed by atoms with Gasteiger partial charge in [-0.1, -0.05) is 30.3 Å². The quantitative estimate of drug-likeness (QED) is 0.710. The van der Waals surface area contributed by atoms with Gasteiger partial charge >= 0.3 is 0 Å². The van der Waals surface area contributed by atoms with Gasteiger partial charge in [0.15, 0.2) is 0 Å². The monoisotopic (exact) mass is 350 g/mol. The van der Waals surface area contributed by atoms with Crippen LogP contribution in [0.2, 0.25) is 0 Å². The summed E-state index contributed by atoms with van der Waals surface area (Å²) < 4.78 is 3.63. The van der Waals surface area contributed by atoms with E-state index in [9.17, 15) is 4.79 Å². The van der Waals surface area contributed by atoms with Crippen LogP contribution in [-0.2, 0) is 13.1 Å². The minimum atomic E-state index is -0.119. The van der Waals surface area contributed by atoms with E-state index in [-0.39, 0.29) is 11.9 Å². The first-order valence-corrected chi connectivity index (χ1v) is 8.99. The summed E-state index contributed by atoms with van der Waals surface area (Å²) in [4.78, 5) is 17.1. The van der Waals surface area contributed by atoms with E-state index in [1.807, 2.05) is 41.9 Å². The molecule has 0 aliphatic heterocycles. The van der Waals surface area contributed by atoms with E-state index in [4.69, 9.17) is 0 Å². The molecular weight excluding hydrogens is 328 g/mol. The zero-order valence-electron chi connectivity index (χ0n) is 14.7. The molecule has 1 saturated carbocycles. The predicted octanol–water partition coefficient (Wildman–Crippen LogP) is 2.42. The van der Waals surface area contributed by atoms with E-state index in [1.165, 1.54) is 0 Å². The van der Waals surface area contributed by atoms with Crippen LogP contribution in [0.15, 0.2) is 49.1 Å². The van der Waals surface area contributed by atoms with E-state index in [1.54, 1.807) is 23.4 Å². The second-order valence-corrected chi connectivity index (χ2v) is 6.63. The zero-order chi connectivity index (χ0) is 17.9. The van der Waals surface area contributed by atoms with Crippen LogP contribution in [-0.4, -0.2) is 30.5 Å². The molecule has 0 saturated heterocycles. The maximum atomic E-state index is 12.7. The molecule has 4 rings (SSSR count). The van der Waals surface area contributed by atoms with E-state index in [0.29, 0.717) is 18.0 Å². The van der Waals surface area contributed by atoms with Crippen molar-refractivity contribution in [3.05, 3.63) is 66.0 Å². The number of aromatic nitrogens is 5. The summed E-state index contributed by atoms with van der Waals surface area (Å²) in [5, 5.41) is 11.7. The highest BCUT2D eigenvalue weighted by molar-refractivity contribution is 5.93. The molecule has 7 heteroatoms. The maximum absolute atomic E-state index is 12.7. The van der Waals surface area contributed by atoms with Crippen molar-refractivity contribution in [3.63, 3.8) is 0 Å². The number of hydrogen-bond donors (Lipinski definition) is 1. The molecule has 1 aliphatic carbocycles. The van der Waals surface area contributed by atoms with Crippen LogP contribution in [0.3, 0.4) is 0 Å². The van der Waals surface area contributed by atoms with Crippen LogP contribution in [0.5, 0.6) is 0 Å². The van der Waals surface area contributed by atoms with Crippen LogP contribution in [0.25, 0.3) is 0 Å². The van der Waals surface area contributed by atoms with E-state index < -0.39 is 0 Å². The molecule has 2 heterocycles. The summed E-state index contributed by atoms with van der Waals surface area (Å²) in [6.07, 6.45) is 7.17. The second kappa shape index (κ2) is 7.11. The third kappa shape index (κ3) is 3.51. The Morgan fingerprint density at radius 3 is 2.81 bits per heavy atom. The van der Waals surface area contributed by atoms with Crippen LogP contribution in [0.1, 0.15) is 47.6 Å². The molecule has 1 fully saturated rings. The Morgan fingerprint density at radius 1 is 1.27 bits per heavy atom. The van der Waals surface area contributed by atoms with Gasteiger partial charge < -0.3 is 5.32 Å². The van der Waals surface area contributed by atoms with E-state index >= 15 is 0 Å². The SMILES string of the molecule is CCn1ncnc1[C@@H](NC(=O)c1cnn(Cc2ccccc2)c1)C1CC1. The largest absolute Gasteiger partial charge is 0.342 e. The maximum Gasteiger partial charge on any atom is 0.255 e. The molecule has 0 unspecified atom stereocenters. The van der Waals surface area contributed by atoms with Gasteiger partial charge in [0, 0.05) is 12.7 Å². The van der Waals surface area contributed by atoms with Crippen molar-refractivity contribution in [2.24, 2.45) is 5.92 Å². The summed E-state index contributed by atoms with van der Waals surface area (Å²) in [5.41, 5.74) is 1.71. The zero-order valence-corrected chi connectivity index (χ0v) is 14.7. The fourth-order valence-electron chi connectivity index (χ4n) is 3.14. The number of amides is 1. The lowest BCUT2D eigenvalue weighted by atomic mass is 10.1. The fourth-order valence-corrected chi connectivity index (χ4v) is 3.14. The standard InChI is InChI=1S/C19H22N6O/c1-2-25-18(20-13-22-25)17(15-8-9-15)23-19(26)16-10-21-24(12-16)11-14-6-4-3-5-7-14/h3-7,10,12-13,15,17H,2,8-9,11H2,1H3,(H,23,26)/t17-/m0/s1. The molecule has 0 bridgehead atoms. The van der Waals surface area contributed by atoms with Gasteiger partial charge in [-0.2, -0.15) is 10.2 Å².